The Labute approximate surface area is 131 Å². The standard InChI is InChI=1S/C17H13N3O3/c21-16(12-4-5-14-11(9-12)6-8-23-14)19-13-10-18-15-3-1-2-7-20(15)17(13)22/h1-5,7,9-10H,6,8H2,(H,19,21). The van der Waals surface area contributed by atoms with Crippen LogP contribution in [0.25, 0.3) is 5.65 Å². The van der Waals surface area contributed by atoms with Crippen LogP contribution in [-0.2, 0) is 6.42 Å². The summed E-state index contributed by atoms with van der Waals surface area (Å²) >= 11 is 0. The molecule has 0 aliphatic carbocycles. The average Bonchev–Trinajstić information content (AvgIpc) is 3.05. The van der Waals surface area contributed by atoms with Gasteiger partial charge in [0.15, 0.2) is 0 Å². The molecule has 0 bridgehead atoms. The minimum atomic E-state index is -0.338. The fraction of sp³-hybridized carbons (Fsp3) is 0.118. The second-order valence-electron chi connectivity index (χ2n) is 5.28. The monoisotopic (exact) mass is 307 g/mol. The number of nitrogens with one attached hydrogen (secondary N) is 1. The first-order valence-electron chi connectivity index (χ1n) is 7.26. The fourth-order valence-electron chi connectivity index (χ4n) is 2.63. The summed E-state index contributed by atoms with van der Waals surface area (Å²) in [7, 11) is 0. The molecule has 6 heteroatoms. The van der Waals surface area contributed by atoms with Crippen molar-refractivity contribution < 1.29 is 9.53 Å². The fourth-order valence-corrected chi connectivity index (χ4v) is 2.63. The van der Waals surface area contributed by atoms with Crippen LogP contribution >= 0.6 is 0 Å². The average molecular weight is 307 g/mol. The van der Waals surface area contributed by atoms with Crippen LogP contribution in [0, 0.1) is 0 Å². The highest BCUT2D eigenvalue weighted by Crippen LogP contribution is 2.26. The van der Waals surface area contributed by atoms with Gasteiger partial charge in [0.2, 0.25) is 0 Å². The molecule has 4 rings (SSSR count). The summed E-state index contributed by atoms with van der Waals surface area (Å²) in [6.07, 6.45) is 3.79. The van der Waals surface area contributed by atoms with Gasteiger partial charge in [-0.25, -0.2) is 4.98 Å². The van der Waals surface area contributed by atoms with Gasteiger partial charge in [-0.2, -0.15) is 0 Å². The van der Waals surface area contributed by atoms with E-state index in [0.29, 0.717) is 17.8 Å². The zero-order valence-electron chi connectivity index (χ0n) is 12.2. The number of anilines is 1. The topological polar surface area (TPSA) is 72.7 Å². The number of fused-ring (bicyclic) bond motifs is 2. The molecule has 1 aliphatic rings. The molecule has 6 nitrogen and oxygen atoms in total. The Morgan fingerprint density at radius 1 is 1.26 bits per heavy atom. The Hall–Kier alpha value is -3.15. The molecule has 0 saturated carbocycles. The molecule has 1 N–H and O–H groups in total. The maximum Gasteiger partial charge on any atom is 0.281 e. The lowest BCUT2D eigenvalue weighted by atomic mass is 10.1. The highest BCUT2D eigenvalue weighted by Gasteiger charge is 2.16. The van der Waals surface area contributed by atoms with Gasteiger partial charge in [0.25, 0.3) is 11.5 Å². The number of benzene rings is 1. The largest absolute Gasteiger partial charge is 0.493 e. The van der Waals surface area contributed by atoms with E-state index >= 15 is 0 Å². The van der Waals surface area contributed by atoms with Crippen LogP contribution in [0.1, 0.15) is 15.9 Å². The molecule has 3 heterocycles. The third-order valence-electron chi connectivity index (χ3n) is 3.81. The number of carbonyl (C=O) groups is 1. The van der Waals surface area contributed by atoms with Crippen molar-refractivity contribution in [1.82, 2.24) is 9.38 Å². The Bertz CT molecular complexity index is 978. The summed E-state index contributed by atoms with van der Waals surface area (Å²) in [4.78, 5) is 28.9. The van der Waals surface area contributed by atoms with Crippen LogP contribution < -0.4 is 15.6 Å². The molecule has 114 valence electrons. The van der Waals surface area contributed by atoms with Crippen molar-refractivity contribution >= 4 is 17.2 Å². The number of hydrogen-bond acceptors (Lipinski definition) is 4. The van der Waals surface area contributed by atoms with E-state index in [1.165, 1.54) is 10.6 Å². The van der Waals surface area contributed by atoms with E-state index in [4.69, 9.17) is 4.74 Å². The lowest BCUT2D eigenvalue weighted by Gasteiger charge is -2.07. The van der Waals surface area contributed by atoms with Crippen molar-refractivity contribution in [3.63, 3.8) is 0 Å². The summed E-state index contributed by atoms with van der Waals surface area (Å²) in [5.41, 5.74) is 1.87. The first kappa shape index (κ1) is 13.5. The van der Waals surface area contributed by atoms with Gasteiger partial charge in [-0.3, -0.25) is 14.0 Å². The highest BCUT2D eigenvalue weighted by molar-refractivity contribution is 6.04. The summed E-state index contributed by atoms with van der Waals surface area (Å²) in [5.74, 6) is 0.475. The number of nitrogens with zero attached hydrogens (tertiary/aromatic N) is 2. The van der Waals surface area contributed by atoms with Crippen molar-refractivity contribution in [1.29, 1.82) is 0 Å². The van der Waals surface area contributed by atoms with Crippen molar-refractivity contribution in [3.05, 3.63) is 70.3 Å². The number of rotatable bonds is 2. The number of aromatic nitrogens is 2. The molecule has 0 radical (unpaired) electrons. The molecule has 0 spiro atoms. The normalized spacial score (nSPS) is 12.7. The molecule has 23 heavy (non-hydrogen) atoms. The molecule has 1 aromatic carbocycles. The Balaban J connectivity index is 1.66. The van der Waals surface area contributed by atoms with Crippen LogP contribution in [0.2, 0.25) is 0 Å². The number of pyridine rings is 1. The summed E-state index contributed by atoms with van der Waals surface area (Å²) in [5, 5.41) is 2.63. The van der Waals surface area contributed by atoms with Gasteiger partial charge >= 0.3 is 0 Å². The molecule has 3 aromatic rings. The van der Waals surface area contributed by atoms with E-state index in [2.05, 4.69) is 10.3 Å². The van der Waals surface area contributed by atoms with Crippen LogP contribution in [0.3, 0.4) is 0 Å². The van der Waals surface area contributed by atoms with Crippen molar-refractivity contribution in [2.24, 2.45) is 0 Å². The van der Waals surface area contributed by atoms with Gasteiger partial charge < -0.3 is 10.1 Å². The van der Waals surface area contributed by atoms with E-state index in [9.17, 15) is 9.59 Å². The van der Waals surface area contributed by atoms with E-state index in [1.54, 1.807) is 42.6 Å². The number of amides is 1. The number of hydrogen-bond donors (Lipinski definition) is 1. The lowest BCUT2D eigenvalue weighted by molar-refractivity contribution is 0.102. The molecule has 1 aliphatic heterocycles. The second-order valence-corrected chi connectivity index (χ2v) is 5.28. The predicted octanol–water partition coefficient (Wildman–Crippen LogP) is 1.88. The number of carbonyl (C=O) groups excluding carboxylic acids is 1. The minimum Gasteiger partial charge on any atom is -0.493 e. The van der Waals surface area contributed by atoms with Gasteiger partial charge in [0, 0.05) is 18.2 Å². The van der Waals surface area contributed by atoms with Crippen LogP contribution in [0.5, 0.6) is 5.75 Å². The SMILES string of the molecule is O=C(Nc1cnc2ccccn2c1=O)c1ccc2c(c1)CCO2. The quantitative estimate of drug-likeness (QED) is 0.784. The van der Waals surface area contributed by atoms with Gasteiger partial charge in [0.1, 0.15) is 17.1 Å². The smallest absolute Gasteiger partial charge is 0.281 e. The van der Waals surface area contributed by atoms with Crippen molar-refractivity contribution in [2.75, 3.05) is 11.9 Å². The molecule has 1 amide bonds. The maximum atomic E-state index is 12.4. The highest BCUT2D eigenvalue weighted by atomic mass is 16.5. The van der Waals surface area contributed by atoms with Crippen molar-refractivity contribution in [3.8, 4) is 5.75 Å². The summed E-state index contributed by atoms with van der Waals surface area (Å²) in [6.45, 7) is 0.635. The Morgan fingerprint density at radius 2 is 2.17 bits per heavy atom. The summed E-state index contributed by atoms with van der Waals surface area (Å²) in [6, 6.07) is 10.5. The molecule has 0 saturated heterocycles. The Kier molecular flexibility index (Phi) is 3.08. The molecular weight excluding hydrogens is 294 g/mol. The predicted molar refractivity (Wildman–Crippen MR) is 85.1 cm³/mol. The molecule has 0 unspecified atom stereocenters. The van der Waals surface area contributed by atoms with Crippen LogP contribution in [-0.4, -0.2) is 21.9 Å². The zero-order chi connectivity index (χ0) is 15.8. The van der Waals surface area contributed by atoms with Gasteiger partial charge in [-0.15, -0.1) is 0 Å². The van der Waals surface area contributed by atoms with Crippen molar-refractivity contribution in [2.45, 2.75) is 6.42 Å². The third kappa shape index (κ3) is 2.34. The molecule has 2 aromatic heterocycles. The van der Waals surface area contributed by atoms with E-state index < -0.39 is 0 Å². The minimum absolute atomic E-state index is 0.149. The number of ether oxygens (including phenoxy) is 1. The van der Waals surface area contributed by atoms with E-state index in [0.717, 1.165) is 17.7 Å². The van der Waals surface area contributed by atoms with E-state index in [1.807, 2.05) is 0 Å². The maximum absolute atomic E-state index is 12.4. The van der Waals surface area contributed by atoms with Gasteiger partial charge in [-0.1, -0.05) is 6.07 Å². The van der Waals surface area contributed by atoms with Crippen LogP contribution in [0.15, 0.2) is 53.6 Å². The lowest BCUT2D eigenvalue weighted by Crippen LogP contribution is -2.23. The first-order chi connectivity index (χ1) is 11.2. The van der Waals surface area contributed by atoms with Gasteiger partial charge in [0.05, 0.1) is 12.8 Å². The van der Waals surface area contributed by atoms with Crippen LogP contribution in [0.4, 0.5) is 5.69 Å². The van der Waals surface area contributed by atoms with Gasteiger partial charge in [-0.05, 0) is 35.9 Å². The molecule has 0 fully saturated rings. The zero-order valence-corrected chi connectivity index (χ0v) is 12.2. The first-order valence-corrected chi connectivity index (χ1v) is 7.26. The van der Waals surface area contributed by atoms with E-state index in [-0.39, 0.29) is 17.2 Å². The molecule has 0 atom stereocenters. The summed E-state index contributed by atoms with van der Waals surface area (Å²) < 4.78 is 6.82. The molecular formula is C17H13N3O3. The second kappa shape index (κ2) is 5.24. The third-order valence-corrected chi connectivity index (χ3v) is 3.81. The Morgan fingerprint density at radius 3 is 3.09 bits per heavy atom.